The Labute approximate surface area is 125 Å². The molecule has 0 saturated carbocycles. The topological polar surface area (TPSA) is 58.6 Å². The van der Waals surface area contributed by atoms with E-state index in [-0.39, 0.29) is 6.09 Å². The highest BCUT2D eigenvalue weighted by Gasteiger charge is 2.42. The number of rotatable bonds is 1. The number of aromatic nitrogens is 2. The van der Waals surface area contributed by atoms with E-state index in [1.54, 1.807) is 6.33 Å². The molecule has 0 N–H and O–H groups in total. The fourth-order valence-corrected chi connectivity index (χ4v) is 3.13. The van der Waals surface area contributed by atoms with Crippen molar-refractivity contribution in [2.24, 2.45) is 11.8 Å². The number of hydrogen-bond acceptors (Lipinski definition) is 5. The molecule has 3 heterocycles. The van der Waals surface area contributed by atoms with E-state index in [0.29, 0.717) is 11.8 Å². The first kappa shape index (κ1) is 14.1. The highest BCUT2D eigenvalue weighted by molar-refractivity contribution is 5.68. The lowest BCUT2D eigenvalue weighted by atomic mass is 10.0. The lowest BCUT2D eigenvalue weighted by Crippen LogP contribution is -2.37. The van der Waals surface area contributed by atoms with Crippen LogP contribution in [0.3, 0.4) is 0 Å². The predicted molar refractivity (Wildman–Crippen MR) is 79.0 cm³/mol. The highest BCUT2D eigenvalue weighted by Crippen LogP contribution is 2.34. The molecule has 2 atom stereocenters. The van der Waals surface area contributed by atoms with Gasteiger partial charge in [-0.1, -0.05) is 0 Å². The van der Waals surface area contributed by atoms with Crippen molar-refractivity contribution in [1.82, 2.24) is 14.9 Å². The van der Waals surface area contributed by atoms with E-state index in [2.05, 4.69) is 14.9 Å². The standard InChI is InChI=1S/C15H22N4O2/c1-15(2,3)21-14(20)19-8-11-6-18(7-12(11)9-19)13-4-16-10-17-5-13/h4-5,10-12H,6-9H2,1-3H3. The zero-order valence-electron chi connectivity index (χ0n) is 12.8. The Balaban J connectivity index is 1.58. The molecule has 2 aliphatic heterocycles. The van der Waals surface area contributed by atoms with Crippen LogP contribution in [0.15, 0.2) is 18.7 Å². The molecule has 6 heteroatoms. The smallest absolute Gasteiger partial charge is 0.410 e. The SMILES string of the molecule is CC(C)(C)OC(=O)N1CC2CN(c3cncnc3)CC2C1. The summed E-state index contributed by atoms with van der Waals surface area (Å²) in [5.41, 5.74) is 0.637. The number of carbonyl (C=O) groups is 1. The zero-order chi connectivity index (χ0) is 15.0. The van der Waals surface area contributed by atoms with Crippen molar-refractivity contribution in [3.05, 3.63) is 18.7 Å². The van der Waals surface area contributed by atoms with Gasteiger partial charge < -0.3 is 14.5 Å². The summed E-state index contributed by atoms with van der Waals surface area (Å²) in [4.78, 5) is 24.4. The Morgan fingerprint density at radius 1 is 1.14 bits per heavy atom. The van der Waals surface area contributed by atoms with Crippen LogP contribution in [0.5, 0.6) is 0 Å². The second kappa shape index (κ2) is 5.16. The molecule has 1 aromatic heterocycles. The Bertz CT molecular complexity index is 500. The number of nitrogens with zero attached hydrogens (tertiary/aromatic N) is 4. The molecule has 2 unspecified atom stereocenters. The quantitative estimate of drug-likeness (QED) is 0.789. The van der Waals surface area contributed by atoms with E-state index < -0.39 is 5.60 Å². The first-order valence-electron chi connectivity index (χ1n) is 7.40. The summed E-state index contributed by atoms with van der Waals surface area (Å²) in [5, 5.41) is 0. The third-order valence-electron chi connectivity index (χ3n) is 4.05. The number of hydrogen-bond donors (Lipinski definition) is 0. The van der Waals surface area contributed by atoms with Gasteiger partial charge in [-0.2, -0.15) is 0 Å². The fourth-order valence-electron chi connectivity index (χ4n) is 3.13. The second-order valence-corrected chi connectivity index (χ2v) is 6.91. The van der Waals surface area contributed by atoms with Crippen molar-refractivity contribution in [3.8, 4) is 0 Å². The molecule has 6 nitrogen and oxygen atoms in total. The number of ether oxygens (including phenoxy) is 1. The molecule has 1 amide bonds. The number of carbonyl (C=O) groups excluding carboxylic acids is 1. The summed E-state index contributed by atoms with van der Waals surface area (Å²) < 4.78 is 5.45. The molecule has 3 rings (SSSR count). The minimum atomic E-state index is -0.428. The third-order valence-corrected chi connectivity index (χ3v) is 4.05. The monoisotopic (exact) mass is 290 g/mol. The van der Waals surface area contributed by atoms with E-state index in [4.69, 9.17) is 4.74 Å². The predicted octanol–water partition coefficient (Wildman–Crippen LogP) is 1.78. The van der Waals surface area contributed by atoms with Gasteiger partial charge in [0.15, 0.2) is 0 Å². The maximum atomic E-state index is 12.1. The van der Waals surface area contributed by atoms with Crippen molar-refractivity contribution >= 4 is 11.8 Å². The van der Waals surface area contributed by atoms with E-state index >= 15 is 0 Å². The van der Waals surface area contributed by atoms with Crippen LogP contribution < -0.4 is 4.90 Å². The normalized spacial score (nSPS) is 25.1. The van der Waals surface area contributed by atoms with Gasteiger partial charge in [-0.3, -0.25) is 0 Å². The molecule has 2 aliphatic rings. The van der Waals surface area contributed by atoms with Gasteiger partial charge in [0.1, 0.15) is 11.9 Å². The summed E-state index contributed by atoms with van der Waals surface area (Å²) in [6, 6.07) is 0. The summed E-state index contributed by atoms with van der Waals surface area (Å²) >= 11 is 0. The fraction of sp³-hybridized carbons (Fsp3) is 0.667. The maximum absolute atomic E-state index is 12.1. The van der Waals surface area contributed by atoms with Gasteiger partial charge in [0.05, 0.1) is 18.1 Å². The molecular weight excluding hydrogens is 268 g/mol. The Hall–Kier alpha value is -1.85. The zero-order valence-corrected chi connectivity index (χ0v) is 12.8. The molecule has 0 aromatic carbocycles. The van der Waals surface area contributed by atoms with Gasteiger partial charge in [-0.25, -0.2) is 14.8 Å². The molecule has 21 heavy (non-hydrogen) atoms. The highest BCUT2D eigenvalue weighted by atomic mass is 16.6. The summed E-state index contributed by atoms with van der Waals surface area (Å²) in [6.45, 7) is 9.18. The van der Waals surface area contributed by atoms with Crippen LogP contribution in [0.25, 0.3) is 0 Å². The van der Waals surface area contributed by atoms with Crippen LogP contribution in [0.2, 0.25) is 0 Å². The number of amides is 1. The average molecular weight is 290 g/mol. The van der Waals surface area contributed by atoms with Crippen LogP contribution in [0.4, 0.5) is 10.5 Å². The summed E-state index contributed by atoms with van der Waals surface area (Å²) in [6.07, 6.45) is 5.05. The summed E-state index contributed by atoms with van der Waals surface area (Å²) in [7, 11) is 0. The Kier molecular flexibility index (Phi) is 3.47. The number of likely N-dealkylation sites (tertiary alicyclic amines) is 1. The van der Waals surface area contributed by atoms with Crippen molar-refractivity contribution in [3.63, 3.8) is 0 Å². The lowest BCUT2D eigenvalue weighted by Gasteiger charge is -2.26. The van der Waals surface area contributed by atoms with Gasteiger partial charge in [-0.05, 0) is 20.8 Å². The van der Waals surface area contributed by atoms with E-state index in [0.717, 1.165) is 31.9 Å². The molecule has 0 spiro atoms. The molecule has 114 valence electrons. The average Bonchev–Trinajstić information content (AvgIpc) is 2.95. The molecular formula is C15H22N4O2. The van der Waals surface area contributed by atoms with E-state index in [1.807, 2.05) is 38.1 Å². The molecule has 1 aromatic rings. The maximum Gasteiger partial charge on any atom is 0.410 e. The van der Waals surface area contributed by atoms with Crippen molar-refractivity contribution in [1.29, 1.82) is 0 Å². The van der Waals surface area contributed by atoms with Crippen molar-refractivity contribution in [2.45, 2.75) is 26.4 Å². The van der Waals surface area contributed by atoms with Crippen molar-refractivity contribution in [2.75, 3.05) is 31.1 Å². The Morgan fingerprint density at radius 2 is 1.71 bits per heavy atom. The first-order chi connectivity index (χ1) is 9.92. The molecule has 2 fully saturated rings. The van der Waals surface area contributed by atoms with Crippen LogP contribution in [-0.4, -0.2) is 52.7 Å². The molecule has 0 aliphatic carbocycles. The van der Waals surface area contributed by atoms with Crippen LogP contribution in [0, 0.1) is 11.8 Å². The first-order valence-corrected chi connectivity index (χ1v) is 7.40. The third kappa shape index (κ3) is 3.09. The number of anilines is 1. The van der Waals surface area contributed by atoms with Gasteiger partial charge in [0.25, 0.3) is 0 Å². The molecule has 0 radical (unpaired) electrons. The van der Waals surface area contributed by atoms with Gasteiger partial charge in [0.2, 0.25) is 0 Å². The molecule has 0 bridgehead atoms. The van der Waals surface area contributed by atoms with Crippen LogP contribution in [0.1, 0.15) is 20.8 Å². The van der Waals surface area contributed by atoms with Gasteiger partial charge >= 0.3 is 6.09 Å². The van der Waals surface area contributed by atoms with E-state index in [1.165, 1.54) is 0 Å². The minimum Gasteiger partial charge on any atom is -0.444 e. The number of fused-ring (bicyclic) bond motifs is 1. The van der Waals surface area contributed by atoms with Crippen molar-refractivity contribution < 1.29 is 9.53 Å². The van der Waals surface area contributed by atoms with Crippen LogP contribution in [-0.2, 0) is 4.74 Å². The lowest BCUT2D eigenvalue weighted by molar-refractivity contribution is 0.0282. The molecule has 2 saturated heterocycles. The van der Waals surface area contributed by atoms with E-state index in [9.17, 15) is 4.79 Å². The van der Waals surface area contributed by atoms with Gasteiger partial charge in [-0.15, -0.1) is 0 Å². The Morgan fingerprint density at radius 3 is 2.24 bits per heavy atom. The summed E-state index contributed by atoms with van der Waals surface area (Å²) in [5.74, 6) is 1.02. The second-order valence-electron chi connectivity index (χ2n) is 6.91. The largest absolute Gasteiger partial charge is 0.444 e. The van der Waals surface area contributed by atoms with Gasteiger partial charge in [0, 0.05) is 38.0 Å². The minimum absolute atomic E-state index is 0.188. The van der Waals surface area contributed by atoms with Crippen LogP contribution >= 0.6 is 0 Å².